The number of benzene rings is 2. The summed E-state index contributed by atoms with van der Waals surface area (Å²) in [7, 11) is -2.49. The fraction of sp³-hybridized carbons (Fsp3) is 0.462. The van der Waals surface area contributed by atoms with Crippen molar-refractivity contribution in [1.29, 1.82) is 0 Å². The van der Waals surface area contributed by atoms with Gasteiger partial charge in [-0.3, -0.25) is 4.79 Å². The molecule has 166 valence electrons. The molecule has 1 unspecified atom stereocenters. The summed E-state index contributed by atoms with van der Waals surface area (Å²) in [6.45, 7) is 15.5. The van der Waals surface area contributed by atoms with Crippen LogP contribution in [0.15, 0.2) is 60.7 Å². The highest BCUT2D eigenvalue weighted by Crippen LogP contribution is 2.54. The Balaban J connectivity index is 2.39. The normalized spacial score (nSPS) is 19.9. The Morgan fingerprint density at radius 3 is 1.65 bits per heavy atom. The maximum atomic E-state index is 14.3. The molecule has 2 aromatic rings. The van der Waals surface area contributed by atoms with Crippen LogP contribution >= 0.6 is 0 Å². The number of urea groups is 1. The zero-order valence-corrected chi connectivity index (χ0v) is 20.9. The molecule has 0 aromatic heterocycles. The third-order valence-corrected chi connectivity index (χ3v) is 14.2. The lowest BCUT2D eigenvalue weighted by molar-refractivity contribution is -0.124. The first-order valence-corrected chi connectivity index (χ1v) is 13.6. The minimum atomic E-state index is -2.49. The molecule has 0 N–H and O–H groups in total. The number of para-hydroxylation sites is 1. The van der Waals surface area contributed by atoms with Gasteiger partial charge in [0.2, 0.25) is 0 Å². The van der Waals surface area contributed by atoms with Crippen LogP contribution in [0.4, 0.5) is 10.5 Å². The highest BCUT2D eigenvalue weighted by Gasteiger charge is 2.66. The Labute approximate surface area is 188 Å². The van der Waals surface area contributed by atoms with E-state index in [2.05, 4.69) is 46.1 Å². The van der Waals surface area contributed by atoms with Crippen molar-refractivity contribution < 1.29 is 9.59 Å². The number of carbonyl (C=O) groups is 2. The van der Waals surface area contributed by atoms with E-state index in [1.54, 1.807) is 0 Å². The molecule has 0 aliphatic carbocycles. The molecule has 5 heteroatoms. The summed E-state index contributed by atoms with van der Waals surface area (Å²) in [5.74, 6) is -0.128. The second-order valence-electron chi connectivity index (χ2n) is 9.53. The summed E-state index contributed by atoms with van der Waals surface area (Å²) in [6.07, 6.45) is 0.547. The molecule has 0 radical (unpaired) electrons. The van der Waals surface area contributed by atoms with Gasteiger partial charge in [0.05, 0.1) is 5.69 Å². The fourth-order valence-electron chi connectivity index (χ4n) is 6.19. The van der Waals surface area contributed by atoms with E-state index in [9.17, 15) is 9.59 Å². The van der Waals surface area contributed by atoms with E-state index in [-0.39, 0.29) is 11.9 Å². The van der Waals surface area contributed by atoms with Crippen molar-refractivity contribution in [2.24, 2.45) is 0 Å². The van der Waals surface area contributed by atoms with Crippen LogP contribution < -0.4 is 4.90 Å². The SMILES string of the molecule is CCC1(c2ccccc2)C(=O)N(c2ccccc2)C(=O)N1[Si](C(C)C)(C(C)C)C(C)C. The highest BCUT2D eigenvalue weighted by molar-refractivity contribution is 6.83. The number of imide groups is 1. The number of nitrogens with zero attached hydrogens (tertiary/aromatic N) is 2. The van der Waals surface area contributed by atoms with Crippen molar-refractivity contribution in [2.45, 2.75) is 77.0 Å². The fourth-order valence-corrected chi connectivity index (χ4v) is 13.2. The molecule has 3 rings (SSSR count). The molecule has 1 saturated heterocycles. The topological polar surface area (TPSA) is 40.6 Å². The number of rotatable bonds is 7. The maximum absolute atomic E-state index is 14.3. The van der Waals surface area contributed by atoms with Crippen LogP contribution in [-0.2, 0) is 10.3 Å². The summed E-state index contributed by atoms with van der Waals surface area (Å²) in [6, 6.07) is 19.1. The van der Waals surface area contributed by atoms with Gasteiger partial charge in [0.25, 0.3) is 5.91 Å². The Hall–Kier alpha value is -2.40. The van der Waals surface area contributed by atoms with Gasteiger partial charge in [-0.25, -0.2) is 9.69 Å². The van der Waals surface area contributed by atoms with Gasteiger partial charge in [-0.1, -0.05) is 97.0 Å². The zero-order valence-electron chi connectivity index (χ0n) is 19.9. The van der Waals surface area contributed by atoms with Gasteiger partial charge in [-0.2, -0.15) is 0 Å². The lowest BCUT2D eigenvalue weighted by Crippen LogP contribution is -2.67. The molecule has 1 aliphatic rings. The van der Waals surface area contributed by atoms with Crippen molar-refractivity contribution >= 4 is 25.9 Å². The first-order chi connectivity index (χ1) is 14.7. The number of amides is 3. The van der Waals surface area contributed by atoms with Crippen LogP contribution in [0.5, 0.6) is 0 Å². The molecule has 1 fully saturated rings. The van der Waals surface area contributed by atoms with Gasteiger partial charge in [-0.15, -0.1) is 0 Å². The predicted molar refractivity (Wildman–Crippen MR) is 131 cm³/mol. The Morgan fingerprint density at radius 2 is 1.23 bits per heavy atom. The molecule has 0 spiro atoms. The first-order valence-electron chi connectivity index (χ1n) is 11.5. The van der Waals surface area contributed by atoms with Gasteiger partial charge >= 0.3 is 6.03 Å². The molecular formula is C26H36N2O2Si. The number of anilines is 1. The van der Waals surface area contributed by atoms with Gasteiger partial charge in [0, 0.05) is 0 Å². The summed E-state index contributed by atoms with van der Waals surface area (Å²) < 4.78 is 2.10. The minimum Gasteiger partial charge on any atom is -0.333 e. The van der Waals surface area contributed by atoms with Gasteiger partial charge in [-0.05, 0) is 40.7 Å². The molecule has 1 aliphatic heterocycles. The van der Waals surface area contributed by atoms with E-state index in [0.29, 0.717) is 28.7 Å². The second-order valence-corrected chi connectivity index (χ2v) is 15.2. The van der Waals surface area contributed by atoms with Crippen LogP contribution in [-0.4, -0.2) is 24.7 Å². The molecule has 3 amide bonds. The van der Waals surface area contributed by atoms with Gasteiger partial charge in [0.1, 0.15) is 5.54 Å². The van der Waals surface area contributed by atoms with Crippen molar-refractivity contribution in [2.75, 3.05) is 4.90 Å². The number of hydrogen-bond donors (Lipinski definition) is 0. The number of carbonyl (C=O) groups excluding carboxylic acids is 2. The molecule has 0 bridgehead atoms. The van der Waals surface area contributed by atoms with Crippen LogP contribution in [0.25, 0.3) is 0 Å². The van der Waals surface area contributed by atoms with Crippen molar-refractivity contribution in [3.05, 3.63) is 66.2 Å². The lowest BCUT2D eigenvalue weighted by Gasteiger charge is -2.54. The van der Waals surface area contributed by atoms with E-state index < -0.39 is 13.8 Å². The van der Waals surface area contributed by atoms with E-state index in [1.807, 2.05) is 67.6 Å². The van der Waals surface area contributed by atoms with E-state index in [0.717, 1.165) is 5.56 Å². The summed E-state index contributed by atoms with van der Waals surface area (Å²) in [4.78, 5) is 30.0. The largest absolute Gasteiger partial charge is 0.333 e. The summed E-state index contributed by atoms with van der Waals surface area (Å²) in [5, 5.41) is 0. The molecule has 1 atom stereocenters. The van der Waals surface area contributed by atoms with Crippen LogP contribution in [0, 0.1) is 0 Å². The Bertz CT molecular complexity index is 905. The van der Waals surface area contributed by atoms with Crippen LogP contribution in [0.2, 0.25) is 16.6 Å². The van der Waals surface area contributed by atoms with Crippen molar-refractivity contribution in [1.82, 2.24) is 4.57 Å². The van der Waals surface area contributed by atoms with Gasteiger partial charge < -0.3 is 4.57 Å². The third-order valence-electron chi connectivity index (χ3n) is 7.26. The standard InChI is InChI=1S/C26H36N2O2Si/c1-8-26(22-15-11-9-12-16-22)24(29)27(23-17-13-10-14-18-23)25(30)28(26)31(19(2)3,20(4)5)21(6)7/h9-21H,8H2,1-7H3. The quantitative estimate of drug-likeness (QED) is 0.348. The average Bonchev–Trinajstić information content (AvgIpc) is 2.96. The van der Waals surface area contributed by atoms with Gasteiger partial charge in [0.15, 0.2) is 8.24 Å². The average molecular weight is 437 g/mol. The molecule has 0 saturated carbocycles. The molecule has 2 aromatic carbocycles. The van der Waals surface area contributed by atoms with Crippen LogP contribution in [0.1, 0.15) is 60.5 Å². The molecule has 31 heavy (non-hydrogen) atoms. The minimum absolute atomic E-state index is 0.128. The van der Waals surface area contributed by atoms with Crippen molar-refractivity contribution in [3.8, 4) is 0 Å². The maximum Gasteiger partial charge on any atom is 0.324 e. The monoisotopic (exact) mass is 436 g/mol. The zero-order chi connectivity index (χ0) is 23.0. The van der Waals surface area contributed by atoms with Crippen LogP contribution in [0.3, 0.4) is 0 Å². The highest BCUT2D eigenvalue weighted by atomic mass is 28.3. The molecule has 1 heterocycles. The second kappa shape index (κ2) is 8.62. The Morgan fingerprint density at radius 1 is 0.774 bits per heavy atom. The Kier molecular flexibility index (Phi) is 6.47. The molecule has 4 nitrogen and oxygen atoms in total. The smallest absolute Gasteiger partial charge is 0.324 e. The van der Waals surface area contributed by atoms with E-state index in [1.165, 1.54) is 4.90 Å². The summed E-state index contributed by atoms with van der Waals surface area (Å²) in [5.41, 5.74) is 1.47. The first kappa shape index (κ1) is 23.3. The lowest BCUT2D eigenvalue weighted by atomic mass is 9.87. The van der Waals surface area contributed by atoms with E-state index in [4.69, 9.17) is 0 Å². The number of hydrogen-bond acceptors (Lipinski definition) is 2. The molecular weight excluding hydrogens is 400 g/mol. The summed E-state index contributed by atoms with van der Waals surface area (Å²) >= 11 is 0. The van der Waals surface area contributed by atoms with E-state index >= 15 is 0 Å². The van der Waals surface area contributed by atoms with Crippen molar-refractivity contribution in [3.63, 3.8) is 0 Å². The third kappa shape index (κ3) is 3.25. The predicted octanol–water partition coefficient (Wildman–Crippen LogP) is 6.94.